The van der Waals surface area contributed by atoms with E-state index < -0.39 is 0 Å². The highest BCUT2D eigenvalue weighted by Crippen LogP contribution is 2.43. The number of rotatable bonds is 6. The molecule has 4 aromatic rings. The van der Waals surface area contributed by atoms with Crippen LogP contribution in [0.15, 0.2) is 45.1 Å². The predicted octanol–water partition coefficient (Wildman–Crippen LogP) is 4.39. The van der Waals surface area contributed by atoms with Crippen molar-refractivity contribution >= 4 is 50.5 Å². The molecule has 0 saturated carbocycles. The summed E-state index contributed by atoms with van der Waals surface area (Å²) in [4.78, 5) is 19.7. The average Bonchev–Trinajstić information content (AvgIpc) is 3.58. The molecule has 3 aromatic heterocycles. The summed E-state index contributed by atoms with van der Waals surface area (Å²) in [5.74, 6) is 3.59. The van der Waals surface area contributed by atoms with Crippen molar-refractivity contribution in [3.8, 4) is 17.4 Å². The van der Waals surface area contributed by atoms with Gasteiger partial charge in [-0.2, -0.15) is 0 Å². The van der Waals surface area contributed by atoms with Crippen LogP contribution in [-0.4, -0.2) is 49.5 Å². The lowest BCUT2D eigenvalue weighted by molar-refractivity contribution is 0.174. The molecule has 12 heteroatoms. The number of hydrogen-bond donors (Lipinski definition) is 3. The van der Waals surface area contributed by atoms with E-state index in [0.717, 1.165) is 76.4 Å². The molecule has 1 fully saturated rings. The van der Waals surface area contributed by atoms with E-state index in [1.807, 2.05) is 18.2 Å². The molecule has 1 saturated heterocycles. The molecule has 0 amide bonds. The van der Waals surface area contributed by atoms with Gasteiger partial charge in [-0.3, -0.25) is 0 Å². The molecule has 0 radical (unpaired) electrons. The van der Waals surface area contributed by atoms with Gasteiger partial charge in [0.2, 0.25) is 6.79 Å². The van der Waals surface area contributed by atoms with Crippen molar-refractivity contribution in [3.63, 3.8) is 0 Å². The molecule has 2 aliphatic rings. The van der Waals surface area contributed by atoms with Gasteiger partial charge in [-0.05, 0) is 59.3 Å². The number of imidazole rings is 1. The van der Waals surface area contributed by atoms with Crippen molar-refractivity contribution < 1.29 is 14.6 Å². The molecule has 182 valence electrons. The number of nitrogens with one attached hydrogen (secondary N) is 1. The number of aryl methyl sites for hydroxylation is 1. The van der Waals surface area contributed by atoms with E-state index in [4.69, 9.17) is 20.2 Å². The first-order valence-corrected chi connectivity index (χ1v) is 13.0. The van der Waals surface area contributed by atoms with Gasteiger partial charge in [0.1, 0.15) is 12.1 Å². The van der Waals surface area contributed by atoms with Crippen LogP contribution < -0.4 is 20.1 Å². The largest absolute Gasteiger partial charge is 0.495 e. The molecule has 35 heavy (non-hydrogen) atoms. The number of nitrogen functional groups attached to an aromatic ring is 1. The molecule has 1 aromatic carbocycles. The fraction of sp³-hybridized carbons (Fsp3) is 0.348. The Labute approximate surface area is 214 Å². The molecule has 0 aliphatic carbocycles. The van der Waals surface area contributed by atoms with Gasteiger partial charge in [-0.25, -0.2) is 15.0 Å². The second-order valence-corrected chi connectivity index (χ2v) is 10.5. The molecule has 2 aliphatic heterocycles. The SMILES string of the molecule is Nc1ncnc2c1nc(Sc1cc3c(cc1Br)OCO3)n2CCC1CCN(c2ccc(O)[nH]2)CC1. The van der Waals surface area contributed by atoms with Crippen LogP contribution in [0.1, 0.15) is 19.3 Å². The van der Waals surface area contributed by atoms with E-state index in [9.17, 15) is 5.11 Å². The zero-order valence-corrected chi connectivity index (χ0v) is 21.2. The third-order valence-corrected chi connectivity index (χ3v) is 8.50. The van der Waals surface area contributed by atoms with Crippen LogP contribution in [0.25, 0.3) is 11.2 Å². The Morgan fingerprint density at radius 3 is 2.74 bits per heavy atom. The highest BCUT2D eigenvalue weighted by Gasteiger charge is 2.24. The van der Waals surface area contributed by atoms with Gasteiger partial charge in [0, 0.05) is 35.1 Å². The smallest absolute Gasteiger partial charge is 0.231 e. The number of aromatic amines is 1. The third kappa shape index (κ3) is 4.36. The molecule has 4 N–H and O–H groups in total. The number of benzene rings is 1. The Bertz CT molecular complexity index is 1380. The van der Waals surface area contributed by atoms with E-state index in [0.29, 0.717) is 17.3 Å². The van der Waals surface area contributed by atoms with Crippen LogP contribution in [0.2, 0.25) is 0 Å². The van der Waals surface area contributed by atoms with Gasteiger partial charge in [0.15, 0.2) is 39.5 Å². The molecule has 6 rings (SSSR count). The number of hydrogen-bond acceptors (Lipinski definition) is 9. The van der Waals surface area contributed by atoms with Crippen LogP contribution in [0.4, 0.5) is 11.6 Å². The molecule has 0 atom stereocenters. The third-order valence-electron chi connectivity index (χ3n) is 6.53. The predicted molar refractivity (Wildman–Crippen MR) is 136 cm³/mol. The minimum Gasteiger partial charge on any atom is -0.495 e. The Balaban J connectivity index is 1.21. The number of fused-ring (bicyclic) bond motifs is 2. The summed E-state index contributed by atoms with van der Waals surface area (Å²) in [5.41, 5.74) is 7.50. The molecular formula is C23H24BrN7O3S. The van der Waals surface area contributed by atoms with Crippen LogP contribution in [-0.2, 0) is 6.54 Å². The Kier molecular flexibility index (Phi) is 5.85. The van der Waals surface area contributed by atoms with Crippen LogP contribution >= 0.6 is 27.7 Å². The number of ether oxygens (including phenoxy) is 2. The molecular weight excluding hydrogens is 534 g/mol. The van der Waals surface area contributed by atoms with Crippen LogP contribution in [0, 0.1) is 5.92 Å². The normalized spacial score (nSPS) is 15.9. The van der Waals surface area contributed by atoms with E-state index in [-0.39, 0.29) is 12.7 Å². The lowest BCUT2D eigenvalue weighted by Gasteiger charge is -2.32. The minimum atomic E-state index is 0.203. The Hall–Kier alpha value is -3.12. The molecule has 0 spiro atoms. The monoisotopic (exact) mass is 557 g/mol. The van der Waals surface area contributed by atoms with E-state index in [1.165, 1.54) is 18.1 Å². The van der Waals surface area contributed by atoms with Gasteiger partial charge in [-0.15, -0.1) is 0 Å². The number of halogens is 1. The molecule has 10 nitrogen and oxygen atoms in total. The van der Waals surface area contributed by atoms with Gasteiger partial charge >= 0.3 is 0 Å². The zero-order valence-electron chi connectivity index (χ0n) is 18.8. The number of anilines is 2. The Morgan fingerprint density at radius 2 is 1.97 bits per heavy atom. The highest BCUT2D eigenvalue weighted by atomic mass is 79.9. The summed E-state index contributed by atoms with van der Waals surface area (Å²) in [6.07, 6.45) is 4.67. The van der Waals surface area contributed by atoms with E-state index in [2.05, 4.69) is 40.3 Å². The topological polar surface area (TPSA) is 127 Å². The first kappa shape index (κ1) is 22.4. The van der Waals surface area contributed by atoms with Crippen molar-refractivity contribution in [1.29, 1.82) is 0 Å². The second-order valence-electron chi connectivity index (χ2n) is 8.66. The van der Waals surface area contributed by atoms with Crippen molar-refractivity contribution in [2.24, 2.45) is 5.92 Å². The summed E-state index contributed by atoms with van der Waals surface area (Å²) in [7, 11) is 0. The summed E-state index contributed by atoms with van der Waals surface area (Å²) >= 11 is 5.19. The Morgan fingerprint density at radius 1 is 1.17 bits per heavy atom. The maximum Gasteiger partial charge on any atom is 0.231 e. The lowest BCUT2D eigenvalue weighted by Crippen LogP contribution is -2.34. The standard InChI is InChI=1S/C23H24BrN7O3S/c24-14-9-15-16(34-12-33-15)10-17(14)35-23-29-20-21(25)26-11-27-22(20)31(23)8-5-13-3-6-30(7-4-13)18-1-2-19(32)28-18/h1-2,9-11,13,28,32H,3-8,12H2,(H2,25,26,27). The van der Waals surface area contributed by atoms with E-state index in [1.54, 1.807) is 6.07 Å². The highest BCUT2D eigenvalue weighted by molar-refractivity contribution is 9.10. The minimum absolute atomic E-state index is 0.203. The average molecular weight is 558 g/mol. The van der Waals surface area contributed by atoms with Crippen LogP contribution in [0.5, 0.6) is 17.4 Å². The summed E-state index contributed by atoms with van der Waals surface area (Å²) in [6, 6.07) is 7.50. The van der Waals surface area contributed by atoms with Crippen molar-refractivity contribution in [3.05, 3.63) is 35.1 Å². The number of aromatic nitrogens is 5. The molecule has 0 unspecified atom stereocenters. The quantitative estimate of drug-likeness (QED) is 0.316. The van der Waals surface area contributed by atoms with Crippen molar-refractivity contribution in [1.82, 2.24) is 24.5 Å². The van der Waals surface area contributed by atoms with E-state index >= 15 is 0 Å². The number of nitrogens with zero attached hydrogens (tertiary/aromatic N) is 5. The number of piperidine rings is 1. The van der Waals surface area contributed by atoms with Crippen LogP contribution in [0.3, 0.4) is 0 Å². The van der Waals surface area contributed by atoms with Gasteiger partial charge in [0.05, 0.1) is 0 Å². The second kappa shape index (κ2) is 9.15. The van der Waals surface area contributed by atoms with Gasteiger partial charge in [-0.1, -0.05) is 11.8 Å². The molecule has 0 bridgehead atoms. The van der Waals surface area contributed by atoms with Gasteiger partial charge < -0.3 is 34.8 Å². The first-order valence-electron chi connectivity index (χ1n) is 11.4. The van der Waals surface area contributed by atoms with Crippen molar-refractivity contribution in [2.45, 2.75) is 35.9 Å². The zero-order chi connectivity index (χ0) is 23.9. The van der Waals surface area contributed by atoms with Crippen molar-refractivity contribution in [2.75, 3.05) is 30.5 Å². The maximum atomic E-state index is 9.60. The number of aromatic hydroxyl groups is 1. The van der Waals surface area contributed by atoms with Gasteiger partial charge in [0.25, 0.3) is 0 Å². The summed E-state index contributed by atoms with van der Waals surface area (Å²) < 4.78 is 14.1. The fourth-order valence-corrected chi connectivity index (χ4v) is 6.13. The first-order chi connectivity index (χ1) is 17.0. The summed E-state index contributed by atoms with van der Waals surface area (Å²) in [5, 5.41) is 10.4. The molecule has 5 heterocycles. The number of H-pyrrole nitrogens is 1. The number of nitrogens with two attached hydrogens (primary N) is 1. The summed E-state index contributed by atoms with van der Waals surface area (Å²) in [6.45, 7) is 2.92. The lowest BCUT2D eigenvalue weighted by atomic mass is 9.93. The fourth-order valence-electron chi connectivity index (χ4n) is 4.62. The maximum absolute atomic E-state index is 9.60.